The standard InChI is InChI=1S/C16H24O2Si/c1-5-18-16(17)13-15(19(2,3)4)12-11-14-9-7-6-8-10-14/h6-10,13H,5,11-12H2,1-4H3/b15-13+. The molecule has 1 aromatic rings. The van der Waals surface area contributed by atoms with Gasteiger partial charge < -0.3 is 4.74 Å². The topological polar surface area (TPSA) is 26.3 Å². The molecule has 1 rings (SSSR count). The fraction of sp³-hybridized carbons (Fsp3) is 0.438. The van der Waals surface area contributed by atoms with Crippen LogP contribution in [0.3, 0.4) is 0 Å². The number of carbonyl (C=O) groups excluding carboxylic acids is 1. The van der Waals surface area contributed by atoms with Crippen LogP contribution in [0.4, 0.5) is 0 Å². The van der Waals surface area contributed by atoms with Crippen molar-refractivity contribution < 1.29 is 9.53 Å². The first kappa shape index (κ1) is 15.7. The Labute approximate surface area is 117 Å². The second-order valence-electron chi connectivity index (χ2n) is 5.66. The molecule has 0 aromatic heterocycles. The van der Waals surface area contributed by atoms with Crippen molar-refractivity contribution in [2.75, 3.05) is 6.61 Å². The van der Waals surface area contributed by atoms with E-state index in [1.54, 1.807) is 6.08 Å². The lowest BCUT2D eigenvalue weighted by Crippen LogP contribution is -2.25. The molecule has 0 N–H and O–H groups in total. The average molecular weight is 276 g/mol. The van der Waals surface area contributed by atoms with E-state index >= 15 is 0 Å². The second kappa shape index (κ2) is 7.29. The normalized spacial score (nSPS) is 12.3. The first-order valence-electron chi connectivity index (χ1n) is 6.85. The number of allylic oxidation sites excluding steroid dienone is 1. The second-order valence-corrected chi connectivity index (χ2v) is 10.8. The van der Waals surface area contributed by atoms with E-state index < -0.39 is 8.07 Å². The molecule has 1 aromatic carbocycles. The molecule has 0 heterocycles. The van der Waals surface area contributed by atoms with Gasteiger partial charge in [-0.15, -0.1) is 0 Å². The van der Waals surface area contributed by atoms with Crippen LogP contribution in [0.25, 0.3) is 0 Å². The van der Waals surface area contributed by atoms with Gasteiger partial charge in [-0.25, -0.2) is 4.79 Å². The average Bonchev–Trinajstić information content (AvgIpc) is 2.34. The Morgan fingerprint density at radius 3 is 2.37 bits per heavy atom. The number of esters is 1. The number of hydrogen-bond acceptors (Lipinski definition) is 2. The lowest BCUT2D eigenvalue weighted by molar-refractivity contribution is -0.137. The summed E-state index contributed by atoms with van der Waals surface area (Å²) in [6, 6.07) is 10.4. The van der Waals surface area contributed by atoms with Gasteiger partial charge >= 0.3 is 5.97 Å². The van der Waals surface area contributed by atoms with E-state index in [0.717, 1.165) is 12.8 Å². The van der Waals surface area contributed by atoms with Gasteiger partial charge in [-0.1, -0.05) is 55.2 Å². The zero-order chi connectivity index (χ0) is 14.3. The van der Waals surface area contributed by atoms with Crippen molar-refractivity contribution in [3.8, 4) is 0 Å². The highest BCUT2D eigenvalue weighted by molar-refractivity contribution is 6.83. The smallest absolute Gasteiger partial charge is 0.330 e. The molecule has 0 saturated heterocycles. The molecule has 104 valence electrons. The highest BCUT2D eigenvalue weighted by atomic mass is 28.3. The van der Waals surface area contributed by atoms with E-state index in [-0.39, 0.29) is 5.97 Å². The highest BCUT2D eigenvalue weighted by Crippen LogP contribution is 2.20. The van der Waals surface area contributed by atoms with Crippen molar-refractivity contribution in [2.45, 2.75) is 39.4 Å². The molecule has 0 bridgehead atoms. The summed E-state index contributed by atoms with van der Waals surface area (Å²) in [5.41, 5.74) is 1.32. The molecule has 2 nitrogen and oxygen atoms in total. The van der Waals surface area contributed by atoms with Gasteiger partial charge in [0, 0.05) is 6.08 Å². The number of benzene rings is 1. The molecule has 0 radical (unpaired) electrons. The van der Waals surface area contributed by atoms with Crippen LogP contribution in [0.15, 0.2) is 41.6 Å². The maximum Gasteiger partial charge on any atom is 0.330 e. The van der Waals surface area contributed by atoms with E-state index in [9.17, 15) is 4.79 Å². The summed E-state index contributed by atoms with van der Waals surface area (Å²) in [5, 5.41) is 1.27. The summed E-state index contributed by atoms with van der Waals surface area (Å²) < 4.78 is 5.03. The van der Waals surface area contributed by atoms with Crippen LogP contribution in [0, 0.1) is 0 Å². The molecule has 3 heteroatoms. The van der Waals surface area contributed by atoms with Gasteiger partial charge in [-0.3, -0.25) is 0 Å². The maximum atomic E-state index is 11.6. The first-order valence-corrected chi connectivity index (χ1v) is 10.3. The van der Waals surface area contributed by atoms with Crippen LogP contribution >= 0.6 is 0 Å². The van der Waals surface area contributed by atoms with Gasteiger partial charge in [0.2, 0.25) is 0 Å². The third kappa shape index (κ3) is 5.88. The van der Waals surface area contributed by atoms with Crippen LogP contribution in [-0.2, 0) is 16.0 Å². The van der Waals surface area contributed by atoms with E-state index in [0.29, 0.717) is 6.61 Å². The summed E-state index contributed by atoms with van der Waals surface area (Å²) in [5.74, 6) is -0.201. The van der Waals surface area contributed by atoms with Crippen molar-refractivity contribution in [3.05, 3.63) is 47.2 Å². The summed E-state index contributed by atoms with van der Waals surface area (Å²) >= 11 is 0. The fourth-order valence-electron chi connectivity index (χ4n) is 1.91. The highest BCUT2D eigenvalue weighted by Gasteiger charge is 2.20. The number of ether oxygens (including phenoxy) is 1. The zero-order valence-corrected chi connectivity index (χ0v) is 13.4. The zero-order valence-electron chi connectivity index (χ0n) is 12.4. The van der Waals surface area contributed by atoms with E-state index in [1.165, 1.54) is 10.8 Å². The van der Waals surface area contributed by atoms with Gasteiger partial charge in [0.05, 0.1) is 14.7 Å². The largest absolute Gasteiger partial charge is 0.463 e. The molecule has 0 unspecified atom stereocenters. The van der Waals surface area contributed by atoms with Gasteiger partial charge in [0.15, 0.2) is 0 Å². The molecule has 0 aliphatic rings. The number of hydrogen-bond donors (Lipinski definition) is 0. The summed E-state index contributed by atoms with van der Waals surface area (Å²) in [6.45, 7) is 9.08. The molecule has 0 aliphatic carbocycles. The Bertz CT molecular complexity index is 430. The van der Waals surface area contributed by atoms with Crippen molar-refractivity contribution in [2.24, 2.45) is 0 Å². The van der Waals surface area contributed by atoms with Crippen molar-refractivity contribution >= 4 is 14.0 Å². The predicted molar refractivity (Wildman–Crippen MR) is 82.8 cm³/mol. The lowest BCUT2D eigenvalue weighted by atomic mass is 10.1. The molecule has 0 saturated carbocycles. The molecule has 0 aliphatic heterocycles. The van der Waals surface area contributed by atoms with Gasteiger partial charge in [0.25, 0.3) is 0 Å². The summed E-state index contributed by atoms with van der Waals surface area (Å²) in [4.78, 5) is 11.6. The van der Waals surface area contributed by atoms with Crippen molar-refractivity contribution in [1.82, 2.24) is 0 Å². The number of rotatable bonds is 6. The summed E-state index contributed by atoms with van der Waals surface area (Å²) in [6.07, 6.45) is 3.65. The number of aryl methyl sites for hydroxylation is 1. The van der Waals surface area contributed by atoms with E-state index in [2.05, 4.69) is 43.9 Å². The molecule has 0 spiro atoms. The Hall–Kier alpha value is -1.35. The van der Waals surface area contributed by atoms with Crippen LogP contribution < -0.4 is 0 Å². The van der Waals surface area contributed by atoms with Gasteiger partial charge in [0.1, 0.15) is 0 Å². The van der Waals surface area contributed by atoms with E-state index in [4.69, 9.17) is 4.74 Å². The van der Waals surface area contributed by atoms with Crippen LogP contribution in [0.1, 0.15) is 18.9 Å². The quantitative estimate of drug-likeness (QED) is 0.446. The summed E-state index contributed by atoms with van der Waals surface area (Å²) in [7, 11) is -1.47. The number of carbonyl (C=O) groups is 1. The third-order valence-corrected chi connectivity index (χ3v) is 5.39. The first-order chi connectivity index (χ1) is 8.93. The van der Waals surface area contributed by atoms with Gasteiger partial charge in [-0.05, 0) is 25.3 Å². The minimum Gasteiger partial charge on any atom is -0.463 e. The predicted octanol–water partition coefficient (Wildman–Crippen LogP) is 3.99. The Balaban J connectivity index is 2.74. The molecular formula is C16H24O2Si. The Kier molecular flexibility index (Phi) is 6.02. The van der Waals surface area contributed by atoms with Crippen LogP contribution in [0.2, 0.25) is 19.6 Å². The molecule has 0 fully saturated rings. The minimum atomic E-state index is -1.47. The van der Waals surface area contributed by atoms with Gasteiger partial charge in [-0.2, -0.15) is 0 Å². The van der Waals surface area contributed by atoms with Crippen molar-refractivity contribution in [3.63, 3.8) is 0 Å². The SMILES string of the molecule is CCOC(=O)/C=C(\CCc1ccccc1)[Si](C)(C)C. The lowest BCUT2D eigenvalue weighted by Gasteiger charge is -2.21. The monoisotopic (exact) mass is 276 g/mol. The molecule has 0 amide bonds. The van der Waals surface area contributed by atoms with E-state index in [1.807, 2.05) is 13.0 Å². The maximum absolute atomic E-state index is 11.6. The van der Waals surface area contributed by atoms with Crippen molar-refractivity contribution in [1.29, 1.82) is 0 Å². The molecule has 0 atom stereocenters. The minimum absolute atomic E-state index is 0.201. The Morgan fingerprint density at radius 2 is 1.84 bits per heavy atom. The van der Waals surface area contributed by atoms with Crippen LogP contribution in [0.5, 0.6) is 0 Å². The Morgan fingerprint density at radius 1 is 1.21 bits per heavy atom. The fourth-order valence-corrected chi connectivity index (χ4v) is 3.34. The third-order valence-electron chi connectivity index (χ3n) is 3.07. The molecule has 19 heavy (non-hydrogen) atoms. The van der Waals surface area contributed by atoms with Crippen LogP contribution in [-0.4, -0.2) is 20.7 Å². The molecular weight excluding hydrogens is 252 g/mol.